The van der Waals surface area contributed by atoms with Crippen LogP contribution in [0.4, 0.5) is 11.4 Å². The Balaban J connectivity index is 1.49. The van der Waals surface area contributed by atoms with E-state index in [0.717, 1.165) is 22.7 Å². The maximum absolute atomic E-state index is 12.2. The van der Waals surface area contributed by atoms with Crippen LogP contribution in [0.2, 0.25) is 5.02 Å². The summed E-state index contributed by atoms with van der Waals surface area (Å²) in [5, 5.41) is 23.2. The van der Waals surface area contributed by atoms with Crippen LogP contribution in [-0.2, 0) is 11.8 Å². The number of nitrogens with zero attached hydrogens (tertiary/aromatic N) is 5. The van der Waals surface area contributed by atoms with E-state index in [0.29, 0.717) is 16.3 Å². The maximum atomic E-state index is 12.2. The molecule has 0 atom stereocenters. The number of rotatable bonds is 5. The van der Waals surface area contributed by atoms with E-state index < -0.39 is 4.92 Å². The quantitative estimate of drug-likeness (QED) is 0.292. The first-order valence-corrected chi connectivity index (χ1v) is 9.75. The van der Waals surface area contributed by atoms with Gasteiger partial charge >= 0.3 is 0 Å². The van der Waals surface area contributed by atoms with Crippen LogP contribution in [0.15, 0.2) is 47.6 Å². The Hall–Kier alpha value is -3.24. The number of nitro groups is 1. The lowest BCUT2D eigenvalue weighted by Crippen LogP contribution is -2.14. The van der Waals surface area contributed by atoms with Gasteiger partial charge in [-0.15, -0.1) is 10.2 Å². The van der Waals surface area contributed by atoms with Gasteiger partial charge in [0.25, 0.3) is 5.69 Å². The molecule has 0 bridgehead atoms. The Morgan fingerprint density at radius 2 is 2.07 bits per heavy atom. The van der Waals surface area contributed by atoms with Crippen molar-refractivity contribution >= 4 is 62.7 Å². The first kappa shape index (κ1) is 19.1. The van der Waals surface area contributed by atoms with Gasteiger partial charge < -0.3 is 9.88 Å². The first-order valence-electron chi connectivity index (χ1n) is 8.38. The van der Waals surface area contributed by atoms with E-state index in [9.17, 15) is 14.9 Å². The molecule has 0 aliphatic carbocycles. The normalized spacial score (nSPS) is 11.1. The van der Waals surface area contributed by atoms with Crippen molar-refractivity contribution in [1.29, 1.82) is 0 Å². The molecular formula is C18H13ClN6O3S. The van der Waals surface area contributed by atoms with Gasteiger partial charge in [-0.25, -0.2) is 4.98 Å². The van der Waals surface area contributed by atoms with Crippen LogP contribution < -0.4 is 5.32 Å². The number of fused-ring (bicyclic) bond motifs is 3. The predicted octanol–water partition coefficient (Wildman–Crippen LogP) is 3.81. The number of benzene rings is 2. The third-order valence-corrected chi connectivity index (χ3v) is 5.40. The lowest BCUT2D eigenvalue weighted by molar-refractivity contribution is -0.384. The highest BCUT2D eigenvalue weighted by Gasteiger charge is 2.15. The van der Waals surface area contributed by atoms with Crippen LogP contribution in [-0.4, -0.2) is 36.3 Å². The zero-order valence-electron chi connectivity index (χ0n) is 15.0. The van der Waals surface area contributed by atoms with Crippen molar-refractivity contribution in [3.63, 3.8) is 0 Å². The maximum Gasteiger partial charge on any atom is 0.289 e. The number of hydrogen-bond donors (Lipinski definition) is 1. The number of anilines is 1. The molecule has 0 fully saturated rings. The number of nitro benzene ring substituents is 1. The summed E-state index contributed by atoms with van der Waals surface area (Å²) in [6.45, 7) is 0. The molecule has 0 saturated heterocycles. The lowest BCUT2D eigenvalue weighted by Gasteiger charge is -2.05. The summed E-state index contributed by atoms with van der Waals surface area (Å²) >= 11 is 6.90. The van der Waals surface area contributed by atoms with Gasteiger partial charge in [0.1, 0.15) is 10.5 Å². The van der Waals surface area contributed by atoms with Crippen molar-refractivity contribution < 1.29 is 9.72 Å². The van der Waals surface area contributed by atoms with Gasteiger partial charge in [0.05, 0.1) is 16.2 Å². The number of para-hydroxylation sites is 1. The molecular weight excluding hydrogens is 416 g/mol. The molecule has 0 aliphatic heterocycles. The summed E-state index contributed by atoms with van der Waals surface area (Å²) in [4.78, 5) is 27.1. The number of amides is 1. The smallest absolute Gasteiger partial charge is 0.289 e. The highest BCUT2D eigenvalue weighted by Crippen LogP contribution is 2.28. The van der Waals surface area contributed by atoms with Gasteiger partial charge in [-0.3, -0.25) is 14.9 Å². The number of carbonyl (C=O) groups is 1. The van der Waals surface area contributed by atoms with E-state index in [4.69, 9.17) is 11.6 Å². The van der Waals surface area contributed by atoms with Crippen LogP contribution >= 0.6 is 23.4 Å². The molecule has 2 heterocycles. The standard InChI is InChI=1S/C18H13ClN6O3S/c1-24-13-5-3-2-4-11(13)16-17(24)21-18(23-22-16)29-9-15(26)20-10-6-7-12(19)14(8-10)25(27)28/h2-8H,9H2,1H3,(H,20,26). The van der Waals surface area contributed by atoms with Crippen LogP contribution in [0, 0.1) is 10.1 Å². The molecule has 4 rings (SSSR count). The van der Waals surface area contributed by atoms with E-state index in [2.05, 4.69) is 20.5 Å². The molecule has 0 radical (unpaired) electrons. The Bertz CT molecular complexity index is 1280. The van der Waals surface area contributed by atoms with Gasteiger partial charge in [-0.05, 0) is 18.2 Å². The van der Waals surface area contributed by atoms with Crippen molar-refractivity contribution in [2.45, 2.75) is 5.16 Å². The topological polar surface area (TPSA) is 116 Å². The van der Waals surface area contributed by atoms with Gasteiger partial charge in [0.15, 0.2) is 5.65 Å². The number of carbonyl (C=O) groups excluding carboxylic acids is 1. The van der Waals surface area contributed by atoms with Gasteiger partial charge in [-0.1, -0.05) is 41.6 Å². The minimum atomic E-state index is -0.606. The summed E-state index contributed by atoms with van der Waals surface area (Å²) in [5.74, 6) is -0.333. The van der Waals surface area contributed by atoms with Crippen LogP contribution in [0.5, 0.6) is 0 Å². The molecule has 1 amide bonds. The molecule has 1 N–H and O–H groups in total. The first-order chi connectivity index (χ1) is 13.9. The Morgan fingerprint density at radius 3 is 2.86 bits per heavy atom. The molecule has 0 spiro atoms. The Kier molecular flexibility index (Phi) is 5.03. The molecule has 2 aromatic carbocycles. The zero-order valence-corrected chi connectivity index (χ0v) is 16.6. The third-order valence-electron chi connectivity index (χ3n) is 4.25. The molecule has 0 aliphatic rings. The largest absolute Gasteiger partial charge is 0.327 e. The second kappa shape index (κ2) is 7.64. The Morgan fingerprint density at radius 1 is 1.28 bits per heavy atom. The van der Waals surface area contributed by atoms with Crippen molar-refractivity contribution in [3.8, 4) is 0 Å². The molecule has 146 valence electrons. The monoisotopic (exact) mass is 428 g/mol. The minimum Gasteiger partial charge on any atom is -0.327 e. The highest BCUT2D eigenvalue weighted by molar-refractivity contribution is 7.99. The summed E-state index contributed by atoms with van der Waals surface area (Å²) in [7, 11) is 1.90. The summed E-state index contributed by atoms with van der Waals surface area (Å²) in [6, 6.07) is 11.9. The fourth-order valence-corrected chi connectivity index (χ4v) is 3.68. The lowest BCUT2D eigenvalue weighted by atomic mass is 10.2. The minimum absolute atomic E-state index is 0.00473. The van der Waals surface area contributed by atoms with Crippen molar-refractivity contribution in [1.82, 2.24) is 19.7 Å². The second-order valence-corrected chi connectivity index (χ2v) is 7.45. The number of hydrogen-bond acceptors (Lipinski definition) is 7. The fraction of sp³-hybridized carbons (Fsp3) is 0.111. The number of aryl methyl sites for hydroxylation is 1. The van der Waals surface area contributed by atoms with Crippen molar-refractivity contribution in [2.75, 3.05) is 11.1 Å². The summed E-state index contributed by atoms with van der Waals surface area (Å²) in [6.07, 6.45) is 0. The summed E-state index contributed by atoms with van der Waals surface area (Å²) < 4.78 is 1.93. The van der Waals surface area contributed by atoms with E-state index in [-0.39, 0.29) is 28.1 Å². The number of thioether (sulfide) groups is 1. The third kappa shape index (κ3) is 3.71. The highest BCUT2D eigenvalue weighted by atomic mass is 35.5. The van der Waals surface area contributed by atoms with Gasteiger partial charge in [-0.2, -0.15) is 0 Å². The number of aromatic nitrogens is 4. The van der Waals surface area contributed by atoms with E-state index in [1.54, 1.807) is 0 Å². The van der Waals surface area contributed by atoms with Crippen molar-refractivity contribution in [2.24, 2.45) is 7.05 Å². The number of nitrogens with one attached hydrogen (secondary N) is 1. The van der Waals surface area contributed by atoms with Crippen LogP contribution in [0.1, 0.15) is 0 Å². The molecule has 0 saturated carbocycles. The van der Waals surface area contributed by atoms with Gasteiger partial charge in [0, 0.05) is 24.2 Å². The fourth-order valence-electron chi connectivity index (χ4n) is 2.91. The van der Waals surface area contributed by atoms with E-state index >= 15 is 0 Å². The molecule has 2 aromatic heterocycles. The second-order valence-electron chi connectivity index (χ2n) is 6.10. The predicted molar refractivity (Wildman–Crippen MR) is 111 cm³/mol. The average molecular weight is 429 g/mol. The average Bonchev–Trinajstić information content (AvgIpc) is 3.00. The SMILES string of the molecule is Cn1c2ccccc2c2nnc(SCC(=O)Nc3ccc(Cl)c([N+](=O)[O-])c3)nc21. The number of halogens is 1. The molecule has 9 nitrogen and oxygen atoms in total. The van der Waals surface area contributed by atoms with Crippen molar-refractivity contribution in [3.05, 3.63) is 57.6 Å². The van der Waals surface area contributed by atoms with Gasteiger partial charge in [0.2, 0.25) is 11.1 Å². The molecule has 4 aromatic rings. The van der Waals surface area contributed by atoms with E-state index in [1.807, 2.05) is 35.9 Å². The van der Waals surface area contributed by atoms with Crippen LogP contribution in [0.25, 0.3) is 22.1 Å². The molecule has 0 unspecified atom stereocenters. The molecule has 29 heavy (non-hydrogen) atoms. The van der Waals surface area contributed by atoms with Crippen LogP contribution in [0.3, 0.4) is 0 Å². The van der Waals surface area contributed by atoms with E-state index in [1.165, 1.54) is 18.2 Å². The summed E-state index contributed by atoms with van der Waals surface area (Å²) in [5.41, 5.74) is 2.39. The zero-order chi connectivity index (χ0) is 20.5. The molecule has 11 heteroatoms. The Labute approximate surface area is 173 Å².